The van der Waals surface area contributed by atoms with E-state index in [1.807, 2.05) is 19.9 Å². The van der Waals surface area contributed by atoms with E-state index in [9.17, 15) is 0 Å². The standard InChI is InChI=1S/C11H12Cl2N2OS/c1-6-4-15-10(16-6)5-14-7(2)8-3-9(12)17-11(8)13/h3-4,7,14H,5H2,1-2H3. The highest BCUT2D eigenvalue weighted by atomic mass is 35.5. The van der Waals surface area contributed by atoms with Crippen LogP contribution in [0.15, 0.2) is 16.7 Å². The molecule has 0 fully saturated rings. The fourth-order valence-corrected chi connectivity index (χ4v) is 3.13. The molecule has 0 bridgehead atoms. The first-order valence-corrected chi connectivity index (χ1v) is 6.73. The fourth-order valence-electron chi connectivity index (χ4n) is 1.48. The lowest BCUT2D eigenvalue weighted by atomic mass is 10.2. The van der Waals surface area contributed by atoms with Crippen LogP contribution in [0.4, 0.5) is 0 Å². The second-order valence-corrected chi connectivity index (χ2v) is 6.03. The SMILES string of the molecule is Cc1cnc(CNC(C)c2cc(Cl)sc2Cl)o1. The van der Waals surface area contributed by atoms with E-state index >= 15 is 0 Å². The van der Waals surface area contributed by atoms with Gasteiger partial charge in [-0.2, -0.15) is 0 Å². The van der Waals surface area contributed by atoms with Crippen LogP contribution in [0.25, 0.3) is 0 Å². The number of hydrogen-bond acceptors (Lipinski definition) is 4. The van der Waals surface area contributed by atoms with Crippen LogP contribution < -0.4 is 5.32 Å². The molecule has 0 amide bonds. The predicted octanol–water partition coefficient (Wildman–Crippen LogP) is 4.20. The van der Waals surface area contributed by atoms with E-state index in [1.54, 1.807) is 6.20 Å². The summed E-state index contributed by atoms with van der Waals surface area (Å²) >= 11 is 13.4. The van der Waals surface area contributed by atoms with Gasteiger partial charge in [0.2, 0.25) is 5.89 Å². The maximum absolute atomic E-state index is 6.08. The zero-order valence-corrected chi connectivity index (χ0v) is 11.8. The fraction of sp³-hybridized carbons (Fsp3) is 0.364. The Hall–Kier alpha value is -0.550. The number of oxazole rings is 1. The van der Waals surface area contributed by atoms with Gasteiger partial charge in [0.15, 0.2) is 0 Å². The number of nitrogens with zero attached hydrogens (tertiary/aromatic N) is 1. The van der Waals surface area contributed by atoms with Gasteiger partial charge in [-0.1, -0.05) is 23.2 Å². The van der Waals surface area contributed by atoms with Crippen molar-refractivity contribution in [2.75, 3.05) is 0 Å². The minimum Gasteiger partial charge on any atom is -0.445 e. The third kappa shape index (κ3) is 3.22. The second kappa shape index (κ2) is 5.40. The normalized spacial score (nSPS) is 12.9. The van der Waals surface area contributed by atoms with Gasteiger partial charge in [-0.15, -0.1) is 11.3 Å². The molecule has 2 aromatic heterocycles. The highest BCUT2D eigenvalue weighted by Gasteiger charge is 2.13. The zero-order chi connectivity index (χ0) is 12.4. The summed E-state index contributed by atoms with van der Waals surface area (Å²) in [6.45, 7) is 4.47. The molecule has 0 aliphatic heterocycles. The molecule has 0 aliphatic rings. The summed E-state index contributed by atoms with van der Waals surface area (Å²) < 4.78 is 6.80. The molecule has 17 heavy (non-hydrogen) atoms. The molecule has 0 spiro atoms. The van der Waals surface area contributed by atoms with Gasteiger partial charge >= 0.3 is 0 Å². The monoisotopic (exact) mass is 290 g/mol. The van der Waals surface area contributed by atoms with Gasteiger partial charge < -0.3 is 9.73 Å². The van der Waals surface area contributed by atoms with Crippen molar-refractivity contribution in [3.63, 3.8) is 0 Å². The Morgan fingerprint density at radius 1 is 1.53 bits per heavy atom. The zero-order valence-electron chi connectivity index (χ0n) is 9.46. The number of halogens is 2. The first kappa shape index (κ1) is 12.9. The summed E-state index contributed by atoms with van der Waals surface area (Å²) in [6.07, 6.45) is 1.70. The van der Waals surface area contributed by atoms with E-state index in [0.29, 0.717) is 16.8 Å². The molecule has 2 rings (SSSR count). The van der Waals surface area contributed by atoms with Crippen molar-refractivity contribution in [1.82, 2.24) is 10.3 Å². The lowest BCUT2D eigenvalue weighted by Gasteiger charge is -2.11. The summed E-state index contributed by atoms with van der Waals surface area (Å²) in [5, 5.41) is 3.29. The van der Waals surface area contributed by atoms with Gasteiger partial charge in [0, 0.05) is 6.04 Å². The molecule has 3 nitrogen and oxygen atoms in total. The largest absolute Gasteiger partial charge is 0.445 e. The Kier molecular flexibility index (Phi) is 4.09. The molecule has 0 saturated heterocycles. The minimum absolute atomic E-state index is 0.110. The number of aryl methyl sites for hydroxylation is 1. The topological polar surface area (TPSA) is 38.1 Å². The van der Waals surface area contributed by atoms with E-state index in [1.165, 1.54) is 11.3 Å². The maximum atomic E-state index is 6.08. The molecule has 2 heterocycles. The van der Waals surface area contributed by atoms with Crippen molar-refractivity contribution in [2.45, 2.75) is 26.4 Å². The third-order valence-electron chi connectivity index (χ3n) is 2.38. The van der Waals surface area contributed by atoms with Crippen LogP contribution in [0.5, 0.6) is 0 Å². The molecule has 1 atom stereocenters. The smallest absolute Gasteiger partial charge is 0.208 e. The molecule has 1 N–H and O–H groups in total. The minimum atomic E-state index is 0.110. The van der Waals surface area contributed by atoms with E-state index in [0.717, 1.165) is 15.7 Å². The Morgan fingerprint density at radius 2 is 2.29 bits per heavy atom. The molecule has 2 aromatic rings. The number of thiophene rings is 1. The number of rotatable bonds is 4. The average Bonchev–Trinajstić information content (AvgIpc) is 2.81. The van der Waals surface area contributed by atoms with E-state index in [2.05, 4.69) is 10.3 Å². The summed E-state index contributed by atoms with van der Waals surface area (Å²) in [4.78, 5) is 4.12. The Balaban J connectivity index is 1.97. The summed E-state index contributed by atoms with van der Waals surface area (Å²) in [6, 6.07) is 1.99. The summed E-state index contributed by atoms with van der Waals surface area (Å²) in [5.74, 6) is 1.48. The predicted molar refractivity (Wildman–Crippen MR) is 70.8 cm³/mol. The molecule has 92 valence electrons. The lowest BCUT2D eigenvalue weighted by molar-refractivity contribution is 0.432. The number of hydrogen-bond donors (Lipinski definition) is 1. The van der Waals surface area contributed by atoms with Gasteiger partial charge in [0.1, 0.15) is 5.76 Å². The molecule has 0 aliphatic carbocycles. The van der Waals surface area contributed by atoms with Crippen LogP contribution in [-0.4, -0.2) is 4.98 Å². The first-order valence-electron chi connectivity index (χ1n) is 5.15. The molecule has 1 unspecified atom stereocenters. The quantitative estimate of drug-likeness (QED) is 0.917. The van der Waals surface area contributed by atoms with E-state index < -0.39 is 0 Å². The van der Waals surface area contributed by atoms with Crippen LogP contribution in [0.3, 0.4) is 0 Å². The summed E-state index contributed by atoms with van der Waals surface area (Å²) in [5.41, 5.74) is 1.00. The van der Waals surface area contributed by atoms with Crippen molar-refractivity contribution < 1.29 is 4.42 Å². The molecule has 0 radical (unpaired) electrons. The van der Waals surface area contributed by atoms with Gasteiger partial charge in [-0.3, -0.25) is 0 Å². The highest BCUT2D eigenvalue weighted by molar-refractivity contribution is 7.20. The average molecular weight is 291 g/mol. The van der Waals surface area contributed by atoms with Gasteiger partial charge in [-0.05, 0) is 25.5 Å². The maximum Gasteiger partial charge on any atom is 0.208 e. The molecule has 6 heteroatoms. The Morgan fingerprint density at radius 3 is 2.82 bits per heavy atom. The van der Waals surface area contributed by atoms with Crippen LogP contribution in [-0.2, 0) is 6.54 Å². The third-order valence-corrected chi connectivity index (χ3v) is 3.90. The molecular weight excluding hydrogens is 279 g/mol. The van der Waals surface area contributed by atoms with E-state index in [-0.39, 0.29) is 6.04 Å². The number of aromatic nitrogens is 1. The molecule has 0 aromatic carbocycles. The second-order valence-electron chi connectivity index (χ2n) is 3.75. The van der Waals surface area contributed by atoms with E-state index in [4.69, 9.17) is 27.6 Å². The summed E-state index contributed by atoms with van der Waals surface area (Å²) in [7, 11) is 0. The van der Waals surface area contributed by atoms with Crippen molar-refractivity contribution in [2.24, 2.45) is 0 Å². The molecule has 0 saturated carbocycles. The first-order chi connectivity index (χ1) is 8.06. The van der Waals surface area contributed by atoms with Crippen LogP contribution >= 0.6 is 34.5 Å². The van der Waals surface area contributed by atoms with Crippen LogP contribution in [0.1, 0.15) is 30.2 Å². The lowest BCUT2D eigenvalue weighted by Crippen LogP contribution is -2.17. The molecular formula is C11H12Cl2N2OS. The highest BCUT2D eigenvalue weighted by Crippen LogP contribution is 2.34. The van der Waals surface area contributed by atoms with Crippen molar-refractivity contribution in [3.8, 4) is 0 Å². The van der Waals surface area contributed by atoms with Gasteiger partial charge in [-0.25, -0.2) is 4.98 Å². The van der Waals surface area contributed by atoms with Crippen molar-refractivity contribution in [3.05, 3.63) is 38.2 Å². The van der Waals surface area contributed by atoms with Gasteiger partial charge in [0.05, 0.1) is 21.4 Å². The Labute approximate surface area is 114 Å². The van der Waals surface area contributed by atoms with Crippen LogP contribution in [0.2, 0.25) is 8.67 Å². The van der Waals surface area contributed by atoms with Crippen LogP contribution in [0, 0.1) is 6.92 Å². The van der Waals surface area contributed by atoms with Crippen molar-refractivity contribution in [1.29, 1.82) is 0 Å². The van der Waals surface area contributed by atoms with Gasteiger partial charge in [0.25, 0.3) is 0 Å². The Bertz CT molecular complexity index is 509. The number of nitrogens with one attached hydrogen (secondary N) is 1. The van der Waals surface area contributed by atoms with Crippen molar-refractivity contribution >= 4 is 34.5 Å².